The fourth-order valence-corrected chi connectivity index (χ4v) is 2.66. The summed E-state index contributed by atoms with van der Waals surface area (Å²) in [7, 11) is 1.38. The maximum atomic E-state index is 11.8. The predicted molar refractivity (Wildman–Crippen MR) is 62.3 cm³/mol. The Labute approximate surface area is 101 Å². The van der Waals surface area contributed by atoms with Crippen molar-refractivity contribution < 1.29 is 14.3 Å². The van der Waals surface area contributed by atoms with Crippen molar-refractivity contribution in [3.8, 4) is 0 Å². The molecule has 1 amide bonds. The number of piperidine rings is 1. The summed E-state index contributed by atoms with van der Waals surface area (Å²) in [4.78, 5) is 25.0. The van der Waals surface area contributed by atoms with Crippen LogP contribution in [0, 0.1) is 11.8 Å². The summed E-state index contributed by atoms with van der Waals surface area (Å²) in [5, 5.41) is 3.34. The highest BCUT2D eigenvalue weighted by atomic mass is 16.5. The summed E-state index contributed by atoms with van der Waals surface area (Å²) in [6.07, 6.45) is 2.65. The average molecular weight is 240 g/mol. The quantitative estimate of drug-likeness (QED) is 0.706. The number of esters is 1. The molecule has 2 saturated heterocycles. The standard InChI is InChI=1S/C12H20N2O3/c1-17-12(16)10-5-11(15)14(8-10)7-9-3-2-4-13-6-9/h9-10,13H,2-8H2,1H3. The zero-order valence-corrected chi connectivity index (χ0v) is 10.3. The second-order valence-corrected chi connectivity index (χ2v) is 4.94. The van der Waals surface area contributed by atoms with Gasteiger partial charge in [-0.25, -0.2) is 0 Å². The number of nitrogens with one attached hydrogen (secondary N) is 1. The minimum atomic E-state index is -0.261. The van der Waals surface area contributed by atoms with Crippen LogP contribution in [0.1, 0.15) is 19.3 Å². The van der Waals surface area contributed by atoms with Gasteiger partial charge in [0.2, 0.25) is 5.91 Å². The lowest BCUT2D eigenvalue weighted by Gasteiger charge is -2.27. The number of ether oxygens (including phenoxy) is 1. The number of carbonyl (C=O) groups excluding carboxylic acids is 2. The Morgan fingerprint density at radius 2 is 2.41 bits per heavy atom. The molecule has 0 spiro atoms. The van der Waals surface area contributed by atoms with E-state index in [0.717, 1.165) is 19.6 Å². The molecule has 2 aliphatic rings. The van der Waals surface area contributed by atoms with Crippen LogP contribution in [0.4, 0.5) is 0 Å². The van der Waals surface area contributed by atoms with Gasteiger partial charge in [-0.2, -0.15) is 0 Å². The van der Waals surface area contributed by atoms with E-state index in [0.29, 0.717) is 18.9 Å². The Morgan fingerprint density at radius 1 is 1.59 bits per heavy atom. The van der Waals surface area contributed by atoms with Crippen molar-refractivity contribution in [3.63, 3.8) is 0 Å². The van der Waals surface area contributed by atoms with Gasteiger partial charge in [0, 0.05) is 19.5 Å². The van der Waals surface area contributed by atoms with Gasteiger partial charge in [0.05, 0.1) is 13.0 Å². The molecular weight excluding hydrogens is 220 g/mol. The number of likely N-dealkylation sites (tertiary alicyclic amines) is 1. The van der Waals surface area contributed by atoms with Crippen LogP contribution in [0.5, 0.6) is 0 Å². The first kappa shape index (κ1) is 12.4. The minimum Gasteiger partial charge on any atom is -0.469 e. The topological polar surface area (TPSA) is 58.6 Å². The molecule has 2 atom stereocenters. The summed E-state index contributed by atoms with van der Waals surface area (Å²) < 4.78 is 4.69. The SMILES string of the molecule is COC(=O)C1CC(=O)N(CC2CCCNC2)C1. The van der Waals surface area contributed by atoms with E-state index < -0.39 is 0 Å². The molecule has 0 aromatic heterocycles. The summed E-state index contributed by atoms with van der Waals surface area (Å²) in [6, 6.07) is 0. The molecule has 0 aromatic rings. The van der Waals surface area contributed by atoms with E-state index in [1.54, 1.807) is 0 Å². The Kier molecular flexibility index (Phi) is 3.99. The van der Waals surface area contributed by atoms with Gasteiger partial charge in [-0.15, -0.1) is 0 Å². The lowest BCUT2D eigenvalue weighted by Crippen LogP contribution is -2.39. The van der Waals surface area contributed by atoms with Crippen molar-refractivity contribution >= 4 is 11.9 Å². The number of amides is 1. The third kappa shape index (κ3) is 2.97. The van der Waals surface area contributed by atoms with Crippen LogP contribution < -0.4 is 5.32 Å². The molecule has 2 unspecified atom stereocenters. The normalized spacial score (nSPS) is 29.5. The fourth-order valence-electron chi connectivity index (χ4n) is 2.66. The summed E-state index contributed by atoms with van der Waals surface area (Å²) >= 11 is 0. The van der Waals surface area contributed by atoms with E-state index in [1.165, 1.54) is 20.0 Å². The van der Waals surface area contributed by atoms with Gasteiger partial charge >= 0.3 is 5.97 Å². The first-order valence-corrected chi connectivity index (χ1v) is 6.27. The zero-order valence-electron chi connectivity index (χ0n) is 10.3. The first-order valence-electron chi connectivity index (χ1n) is 6.27. The van der Waals surface area contributed by atoms with Crippen LogP contribution in [-0.2, 0) is 14.3 Å². The molecule has 5 nitrogen and oxygen atoms in total. The second-order valence-electron chi connectivity index (χ2n) is 4.94. The van der Waals surface area contributed by atoms with Crippen LogP contribution in [0.25, 0.3) is 0 Å². The number of methoxy groups -OCH3 is 1. The molecule has 2 aliphatic heterocycles. The molecule has 0 saturated carbocycles. The Morgan fingerprint density at radius 3 is 3.06 bits per heavy atom. The molecular formula is C12H20N2O3. The Bertz CT molecular complexity index is 300. The van der Waals surface area contributed by atoms with Gasteiger partial charge in [0.1, 0.15) is 0 Å². The number of hydrogen-bond acceptors (Lipinski definition) is 4. The van der Waals surface area contributed by atoms with Crippen molar-refractivity contribution in [3.05, 3.63) is 0 Å². The summed E-state index contributed by atoms with van der Waals surface area (Å²) in [5.41, 5.74) is 0. The van der Waals surface area contributed by atoms with E-state index in [4.69, 9.17) is 4.74 Å². The van der Waals surface area contributed by atoms with Crippen LogP contribution >= 0.6 is 0 Å². The largest absolute Gasteiger partial charge is 0.469 e. The summed E-state index contributed by atoms with van der Waals surface area (Å²) in [5.74, 6) is 0.0988. The maximum absolute atomic E-state index is 11.8. The maximum Gasteiger partial charge on any atom is 0.310 e. The third-order valence-corrected chi connectivity index (χ3v) is 3.63. The lowest BCUT2D eigenvalue weighted by atomic mass is 9.99. The van der Waals surface area contributed by atoms with Crippen LogP contribution in [0.3, 0.4) is 0 Å². The van der Waals surface area contributed by atoms with Gasteiger partial charge in [-0.3, -0.25) is 9.59 Å². The third-order valence-electron chi connectivity index (χ3n) is 3.63. The van der Waals surface area contributed by atoms with E-state index in [-0.39, 0.29) is 17.8 Å². The van der Waals surface area contributed by atoms with Gasteiger partial charge < -0.3 is 15.0 Å². The summed E-state index contributed by atoms with van der Waals surface area (Å²) in [6.45, 7) is 3.36. The van der Waals surface area contributed by atoms with Crippen molar-refractivity contribution in [2.75, 3.05) is 33.3 Å². The smallest absolute Gasteiger partial charge is 0.310 e. The van der Waals surface area contributed by atoms with E-state index in [1.807, 2.05) is 4.90 Å². The predicted octanol–water partition coefficient (Wildman–Crippen LogP) is 0.00750. The number of rotatable bonds is 3. The van der Waals surface area contributed by atoms with Gasteiger partial charge in [0.15, 0.2) is 0 Å². The second kappa shape index (κ2) is 5.49. The highest BCUT2D eigenvalue weighted by molar-refractivity contribution is 5.86. The molecule has 5 heteroatoms. The molecule has 2 rings (SSSR count). The zero-order chi connectivity index (χ0) is 12.3. The van der Waals surface area contributed by atoms with E-state index in [9.17, 15) is 9.59 Å². The number of hydrogen-bond donors (Lipinski definition) is 1. The average Bonchev–Trinajstić information content (AvgIpc) is 2.71. The highest BCUT2D eigenvalue weighted by Crippen LogP contribution is 2.21. The molecule has 0 aliphatic carbocycles. The van der Waals surface area contributed by atoms with Gasteiger partial charge in [-0.05, 0) is 31.8 Å². The number of carbonyl (C=O) groups is 2. The van der Waals surface area contributed by atoms with Crippen molar-refractivity contribution in [1.29, 1.82) is 0 Å². The first-order chi connectivity index (χ1) is 8.20. The van der Waals surface area contributed by atoms with Crippen molar-refractivity contribution in [1.82, 2.24) is 10.2 Å². The van der Waals surface area contributed by atoms with Crippen molar-refractivity contribution in [2.24, 2.45) is 11.8 Å². The van der Waals surface area contributed by atoms with Crippen LogP contribution in [0.2, 0.25) is 0 Å². The van der Waals surface area contributed by atoms with E-state index >= 15 is 0 Å². The Hall–Kier alpha value is -1.10. The van der Waals surface area contributed by atoms with Gasteiger partial charge in [-0.1, -0.05) is 0 Å². The lowest BCUT2D eigenvalue weighted by molar-refractivity contribution is -0.145. The van der Waals surface area contributed by atoms with Crippen molar-refractivity contribution in [2.45, 2.75) is 19.3 Å². The molecule has 2 heterocycles. The van der Waals surface area contributed by atoms with Crippen LogP contribution in [-0.4, -0.2) is 50.1 Å². The van der Waals surface area contributed by atoms with Gasteiger partial charge in [0.25, 0.3) is 0 Å². The molecule has 1 N–H and O–H groups in total. The monoisotopic (exact) mass is 240 g/mol. The molecule has 0 bridgehead atoms. The molecule has 96 valence electrons. The molecule has 0 aromatic carbocycles. The Balaban J connectivity index is 1.85. The van der Waals surface area contributed by atoms with E-state index in [2.05, 4.69) is 5.32 Å². The molecule has 2 fully saturated rings. The number of nitrogens with zero attached hydrogens (tertiary/aromatic N) is 1. The molecule has 0 radical (unpaired) electrons. The highest BCUT2D eigenvalue weighted by Gasteiger charge is 2.35. The van der Waals surface area contributed by atoms with Crippen LogP contribution in [0.15, 0.2) is 0 Å². The fraction of sp³-hybridized carbons (Fsp3) is 0.833. The minimum absolute atomic E-state index is 0.0889. The molecule has 17 heavy (non-hydrogen) atoms.